The van der Waals surface area contributed by atoms with Crippen LogP contribution in [-0.2, 0) is 9.59 Å². The number of anilines is 4. The van der Waals surface area contributed by atoms with Crippen LogP contribution < -0.4 is 20.4 Å². The molecule has 8 rings (SSSR count). The summed E-state index contributed by atoms with van der Waals surface area (Å²) in [5.41, 5.74) is 2.86. The molecule has 4 aliphatic carbocycles. The molecule has 7 nitrogen and oxygen atoms in total. The lowest BCUT2D eigenvalue weighted by Gasteiger charge is -2.57. The second-order valence-corrected chi connectivity index (χ2v) is 13.8. The third kappa shape index (κ3) is 5.42. The number of carbonyl (C=O) groups excluding carboxylic acids is 3. The Balaban J connectivity index is 1.21. The van der Waals surface area contributed by atoms with Crippen LogP contribution in [0.2, 0.25) is 0 Å². The molecule has 2 N–H and O–H groups in total. The Morgan fingerprint density at radius 1 is 0.837 bits per heavy atom. The molecule has 222 valence electrons. The highest BCUT2D eigenvalue weighted by Gasteiger charge is 2.51. The van der Waals surface area contributed by atoms with Crippen molar-refractivity contribution in [2.24, 2.45) is 23.2 Å². The highest BCUT2D eigenvalue weighted by molar-refractivity contribution is 7.98. The highest BCUT2D eigenvalue weighted by Crippen LogP contribution is 2.61. The number of benzene rings is 3. The van der Waals surface area contributed by atoms with Crippen molar-refractivity contribution in [3.63, 3.8) is 0 Å². The van der Waals surface area contributed by atoms with E-state index in [0.717, 1.165) is 29.1 Å². The second kappa shape index (κ2) is 11.4. The lowest BCUT2D eigenvalue weighted by Crippen LogP contribution is -2.56. The van der Waals surface area contributed by atoms with Gasteiger partial charge in [0.1, 0.15) is 0 Å². The SMILES string of the molecule is CSc1cccc(NC(=O)NC2C(=O)N(CCC34CC5CC(CC(C5)C3)C4)c3ccccc3N(c3ccccc3)C2=O)c1. The van der Waals surface area contributed by atoms with Crippen molar-refractivity contribution in [1.82, 2.24) is 5.32 Å². The molecule has 0 radical (unpaired) electrons. The summed E-state index contributed by atoms with van der Waals surface area (Å²) in [6.07, 6.45) is 10.7. The van der Waals surface area contributed by atoms with Gasteiger partial charge in [-0.3, -0.25) is 14.5 Å². The summed E-state index contributed by atoms with van der Waals surface area (Å²) in [4.78, 5) is 46.4. The number of thioether (sulfide) groups is 1. The van der Waals surface area contributed by atoms with Gasteiger partial charge in [0.05, 0.1) is 11.4 Å². The zero-order valence-corrected chi connectivity index (χ0v) is 25.3. The predicted octanol–water partition coefficient (Wildman–Crippen LogP) is 7.22. The van der Waals surface area contributed by atoms with Crippen LogP contribution in [0.1, 0.15) is 44.9 Å². The smallest absolute Gasteiger partial charge is 0.318 e. The number of nitrogens with one attached hydrogen (secondary N) is 2. The summed E-state index contributed by atoms with van der Waals surface area (Å²) < 4.78 is 0. The maximum absolute atomic E-state index is 14.4. The molecule has 8 heteroatoms. The molecule has 43 heavy (non-hydrogen) atoms. The summed E-state index contributed by atoms with van der Waals surface area (Å²) in [6, 6.07) is 22.5. The lowest BCUT2D eigenvalue weighted by molar-refractivity contribution is -0.128. The van der Waals surface area contributed by atoms with Crippen LogP contribution in [0.25, 0.3) is 0 Å². The molecule has 5 aliphatic rings. The highest BCUT2D eigenvalue weighted by atomic mass is 32.2. The van der Waals surface area contributed by atoms with Crippen molar-refractivity contribution in [3.8, 4) is 0 Å². The maximum Gasteiger partial charge on any atom is 0.320 e. The van der Waals surface area contributed by atoms with E-state index in [1.54, 1.807) is 27.6 Å². The first-order valence-corrected chi connectivity index (χ1v) is 16.6. The molecular weight excluding hydrogens is 556 g/mol. The fourth-order valence-corrected chi connectivity index (χ4v) is 9.11. The molecule has 0 aromatic heterocycles. The average Bonchev–Trinajstić information content (AvgIpc) is 3.08. The monoisotopic (exact) mass is 594 g/mol. The zero-order chi connectivity index (χ0) is 29.6. The molecule has 4 bridgehead atoms. The summed E-state index contributed by atoms with van der Waals surface area (Å²) in [5.74, 6) is 1.58. The van der Waals surface area contributed by atoms with E-state index in [1.165, 1.54) is 38.5 Å². The fraction of sp³-hybridized carbons (Fsp3) is 0.400. The van der Waals surface area contributed by atoms with Crippen LogP contribution in [0.4, 0.5) is 27.5 Å². The number of carbonyl (C=O) groups is 3. The second-order valence-electron chi connectivity index (χ2n) is 12.9. The van der Waals surface area contributed by atoms with Gasteiger partial charge in [-0.05, 0) is 117 Å². The summed E-state index contributed by atoms with van der Waals surface area (Å²) in [6.45, 7) is 0.521. The molecule has 4 saturated carbocycles. The topological polar surface area (TPSA) is 81.8 Å². The van der Waals surface area contributed by atoms with Crippen LogP contribution in [-0.4, -0.2) is 36.7 Å². The van der Waals surface area contributed by atoms with E-state index in [4.69, 9.17) is 0 Å². The maximum atomic E-state index is 14.4. The number of hydrogen-bond donors (Lipinski definition) is 2. The van der Waals surface area contributed by atoms with Crippen molar-refractivity contribution in [2.45, 2.75) is 55.9 Å². The first kappa shape index (κ1) is 28.0. The summed E-state index contributed by atoms with van der Waals surface area (Å²) in [5, 5.41) is 5.60. The number of amides is 4. The van der Waals surface area contributed by atoms with Gasteiger partial charge in [-0.2, -0.15) is 0 Å². The number of para-hydroxylation sites is 3. The Labute approximate surface area is 257 Å². The van der Waals surface area contributed by atoms with Gasteiger partial charge in [0, 0.05) is 22.8 Å². The number of urea groups is 1. The predicted molar refractivity (Wildman–Crippen MR) is 172 cm³/mol. The van der Waals surface area contributed by atoms with E-state index in [-0.39, 0.29) is 5.41 Å². The molecule has 4 amide bonds. The van der Waals surface area contributed by atoms with Crippen LogP contribution in [0.3, 0.4) is 0 Å². The average molecular weight is 595 g/mol. The van der Waals surface area contributed by atoms with Gasteiger partial charge < -0.3 is 15.5 Å². The molecule has 4 fully saturated rings. The minimum Gasteiger partial charge on any atom is -0.318 e. The van der Waals surface area contributed by atoms with Gasteiger partial charge in [0.25, 0.3) is 11.8 Å². The number of rotatable bonds is 7. The Morgan fingerprint density at radius 3 is 2.16 bits per heavy atom. The van der Waals surface area contributed by atoms with Gasteiger partial charge in [-0.1, -0.05) is 36.4 Å². The van der Waals surface area contributed by atoms with E-state index in [0.29, 0.717) is 29.3 Å². The Bertz CT molecular complexity index is 1510. The Morgan fingerprint density at radius 2 is 1.49 bits per heavy atom. The third-order valence-corrected chi connectivity index (χ3v) is 10.8. The fourth-order valence-electron chi connectivity index (χ4n) is 8.65. The van der Waals surface area contributed by atoms with Crippen molar-refractivity contribution < 1.29 is 14.4 Å². The molecule has 1 unspecified atom stereocenters. The Hall–Kier alpha value is -3.78. The normalized spacial score (nSPS) is 27.6. The standard InChI is InChI=1S/C35H38N4O3S/c1-43-28-11-7-8-26(19-28)36-34(42)37-31-32(40)38(15-14-35-20-23-16-24(21-35)18-25(17-23)22-35)29-12-5-6-13-30(29)39(33(31)41)27-9-3-2-4-10-27/h2-13,19,23-25,31H,14-18,20-22H2,1H3,(H2,36,37,42). The molecule has 1 atom stereocenters. The van der Waals surface area contributed by atoms with E-state index < -0.39 is 23.9 Å². The minimum atomic E-state index is -1.38. The first-order chi connectivity index (χ1) is 20.9. The molecule has 0 spiro atoms. The zero-order valence-electron chi connectivity index (χ0n) is 24.5. The Kier molecular flexibility index (Phi) is 7.41. The van der Waals surface area contributed by atoms with Gasteiger partial charge >= 0.3 is 6.03 Å². The lowest BCUT2D eigenvalue weighted by atomic mass is 9.49. The van der Waals surface area contributed by atoms with Crippen LogP contribution in [0, 0.1) is 23.2 Å². The van der Waals surface area contributed by atoms with E-state index >= 15 is 0 Å². The van der Waals surface area contributed by atoms with Gasteiger partial charge in [0.15, 0.2) is 6.04 Å². The number of nitrogens with zero attached hydrogens (tertiary/aromatic N) is 2. The number of fused-ring (bicyclic) bond motifs is 1. The molecule has 3 aromatic carbocycles. The number of hydrogen-bond acceptors (Lipinski definition) is 4. The molecule has 3 aromatic rings. The third-order valence-electron chi connectivity index (χ3n) is 10.0. The van der Waals surface area contributed by atoms with Gasteiger partial charge in [-0.15, -0.1) is 11.8 Å². The molecule has 0 saturated heterocycles. The van der Waals surface area contributed by atoms with Crippen LogP contribution in [0.5, 0.6) is 0 Å². The first-order valence-electron chi connectivity index (χ1n) is 15.4. The van der Waals surface area contributed by atoms with E-state index in [9.17, 15) is 14.4 Å². The van der Waals surface area contributed by atoms with Crippen LogP contribution >= 0.6 is 11.8 Å². The van der Waals surface area contributed by atoms with Crippen molar-refractivity contribution in [2.75, 3.05) is 27.9 Å². The molecule has 1 aliphatic heterocycles. The van der Waals surface area contributed by atoms with E-state index in [1.807, 2.05) is 79.1 Å². The van der Waals surface area contributed by atoms with Crippen LogP contribution in [0.15, 0.2) is 83.8 Å². The van der Waals surface area contributed by atoms with Crippen molar-refractivity contribution in [3.05, 3.63) is 78.9 Å². The minimum absolute atomic E-state index is 0.266. The molecular formula is C35H38N4O3S. The largest absolute Gasteiger partial charge is 0.320 e. The quantitative estimate of drug-likeness (QED) is 0.224. The summed E-state index contributed by atoms with van der Waals surface area (Å²) in [7, 11) is 0. The molecule has 1 heterocycles. The van der Waals surface area contributed by atoms with E-state index in [2.05, 4.69) is 10.6 Å². The van der Waals surface area contributed by atoms with Gasteiger partial charge in [-0.25, -0.2) is 4.79 Å². The van der Waals surface area contributed by atoms with Crippen molar-refractivity contribution in [1.29, 1.82) is 0 Å². The summed E-state index contributed by atoms with van der Waals surface area (Å²) >= 11 is 1.57. The van der Waals surface area contributed by atoms with Gasteiger partial charge in [0.2, 0.25) is 0 Å². The van der Waals surface area contributed by atoms with Crippen molar-refractivity contribution >= 4 is 52.4 Å².